The third-order valence-corrected chi connectivity index (χ3v) is 5.69. The van der Waals surface area contributed by atoms with Gasteiger partial charge in [-0.1, -0.05) is 34.1 Å². The van der Waals surface area contributed by atoms with Crippen LogP contribution < -0.4 is 19.7 Å². The number of anilines is 1. The molecule has 1 aliphatic heterocycles. The SMILES string of the molecule is COc1ccc(Br)c(C=C2C(=O)NC(=S)N(c3ccc(Oc4ccccc4)cc3)C2=O)c1. The van der Waals surface area contributed by atoms with Crippen LogP contribution in [0.25, 0.3) is 6.08 Å². The molecular formula is C24H17BrN2O4S. The largest absolute Gasteiger partial charge is 0.497 e. The van der Waals surface area contributed by atoms with E-state index in [1.54, 1.807) is 49.6 Å². The summed E-state index contributed by atoms with van der Waals surface area (Å²) in [6.45, 7) is 0. The molecule has 6 nitrogen and oxygen atoms in total. The maximum absolute atomic E-state index is 13.2. The fraction of sp³-hybridized carbons (Fsp3) is 0.0417. The zero-order valence-corrected chi connectivity index (χ0v) is 19.3. The number of nitrogens with one attached hydrogen (secondary N) is 1. The maximum Gasteiger partial charge on any atom is 0.270 e. The van der Waals surface area contributed by atoms with Crippen LogP contribution in [0.5, 0.6) is 17.2 Å². The second kappa shape index (κ2) is 9.33. The van der Waals surface area contributed by atoms with Crippen LogP contribution in [-0.2, 0) is 9.59 Å². The van der Waals surface area contributed by atoms with Gasteiger partial charge < -0.3 is 9.47 Å². The van der Waals surface area contributed by atoms with Crippen molar-refractivity contribution in [1.82, 2.24) is 5.32 Å². The maximum atomic E-state index is 13.2. The van der Waals surface area contributed by atoms with E-state index in [9.17, 15) is 9.59 Å². The van der Waals surface area contributed by atoms with Crippen molar-refractivity contribution in [2.75, 3.05) is 12.0 Å². The Labute approximate surface area is 198 Å². The Kier molecular flexibility index (Phi) is 6.34. The first kappa shape index (κ1) is 21.7. The molecule has 0 spiro atoms. The molecule has 3 aromatic rings. The monoisotopic (exact) mass is 508 g/mol. The molecule has 0 unspecified atom stereocenters. The summed E-state index contributed by atoms with van der Waals surface area (Å²) < 4.78 is 11.7. The Bertz CT molecular complexity index is 1230. The second-order valence-electron chi connectivity index (χ2n) is 6.75. The van der Waals surface area contributed by atoms with Gasteiger partial charge in [0.15, 0.2) is 5.11 Å². The van der Waals surface area contributed by atoms with Gasteiger partial charge in [-0.15, -0.1) is 0 Å². The molecular weight excluding hydrogens is 492 g/mol. The van der Waals surface area contributed by atoms with Gasteiger partial charge in [0.1, 0.15) is 22.8 Å². The molecule has 0 atom stereocenters. The van der Waals surface area contributed by atoms with Gasteiger partial charge >= 0.3 is 0 Å². The van der Waals surface area contributed by atoms with Crippen molar-refractivity contribution < 1.29 is 19.1 Å². The molecule has 1 N–H and O–H groups in total. The third-order valence-electron chi connectivity index (χ3n) is 4.68. The number of amides is 2. The highest BCUT2D eigenvalue weighted by Crippen LogP contribution is 2.29. The molecule has 32 heavy (non-hydrogen) atoms. The smallest absolute Gasteiger partial charge is 0.270 e. The number of carbonyl (C=O) groups excluding carboxylic acids is 2. The van der Waals surface area contributed by atoms with E-state index in [1.165, 1.54) is 11.0 Å². The number of thiocarbonyl (C=S) groups is 1. The average molecular weight is 509 g/mol. The normalized spacial score (nSPS) is 15.0. The number of hydrogen-bond donors (Lipinski definition) is 1. The molecule has 1 aliphatic rings. The van der Waals surface area contributed by atoms with Crippen LogP contribution in [0, 0.1) is 0 Å². The summed E-state index contributed by atoms with van der Waals surface area (Å²) in [6, 6.07) is 21.5. The number of carbonyl (C=O) groups is 2. The minimum absolute atomic E-state index is 0.0126. The van der Waals surface area contributed by atoms with Crippen LogP contribution in [0.3, 0.4) is 0 Å². The lowest BCUT2D eigenvalue weighted by Gasteiger charge is -2.29. The first-order valence-electron chi connectivity index (χ1n) is 9.54. The van der Waals surface area contributed by atoms with Crippen molar-refractivity contribution in [3.05, 3.63) is 88.4 Å². The topological polar surface area (TPSA) is 67.9 Å². The fourth-order valence-corrected chi connectivity index (χ4v) is 3.74. The molecule has 160 valence electrons. The van der Waals surface area contributed by atoms with Crippen LogP contribution in [0.1, 0.15) is 5.56 Å². The van der Waals surface area contributed by atoms with E-state index in [1.807, 2.05) is 30.3 Å². The van der Waals surface area contributed by atoms with E-state index >= 15 is 0 Å². The van der Waals surface area contributed by atoms with Gasteiger partial charge in [0, 0.05) is 4.47 Å². The number of methoxy groups -OCH3 is 1. The van der Waals surface area contributed by atoms with Crippen molar-refractivity contribution in [1.29, 1.82) is 0 Å². The van der Waals surface area contributed by atoms with Crippen molar-refractivity contribution >= 4 is 56.8 Å². The summed E-state index contributed by atoms with van der Waals surface area (Å²) in [6.07, 6.45) is 1.51. The molecule has 1 saturated heterocycles. The van der Waals surface area contributed by atoms with Gasteiger partial charge in [0.25, 0.3) is 11.8 Å². The molecule has 0 saturated carbocycles. The van der Waals surface area contributed by atoms with Gasteiger partial charge in [-0.25, -0.2) is 0 Å². The van der Waals surface area contributed by atoms with Gasteiger partial charge in [-0.05, 0) is 78.5 Å². The van der Waals surface area contributed by atoms with Crippen LogP contribution in [0.2, 0.25) is 0 Å². The van der Waals surface area contributed by atoms with Gasteiger partial charge in [-0.2, -0.15) is 0 Å². The Morgan fingerprint density at radius 1 is 0.938 bits per heavy atom. The second-order valence-corrected chi connectivity index (χ2v) is 8.00. The molecule has 0 bridgehead atoms. The molecule has 0 aromatic heterocycles. The van der Waals surface area contributed by atoms with E-state index in [-0.39, 0.29) is 10.7 Å². The van der Waals surface area contributed by atoms with Gasteiger partial charge in [0.05, 0.1) is 12.8 Å². The highest BCUT2D eigenvalue weighted by molar-refractivity contribution is 9.10. The Morgan fingerprint density at radius 3 is 2.28 bits per heavy atom. The lowest BCUT2D eigenvalue weighted by Crippen LogP contribution is -2.54. The fourth-order valence-electron chi connectivity index (χ4n) is 3.09. The molecule has 2 amide bonds. The van der Waals surface area contributed by atoms with Gasteiger partial charge in [0.2, 0.25) is 0 Å². The number of halogens is 1. The summed E-state index contributed by atoms with van der Waals surface area (Å²) in [5.74, 6) is 0.826. The predicted octanol–water partition coefficient (Wildman–Crippen LogP) is 5.08. The van der Waals surface area contributed by atoms with E-state index < -0.39 is 11.8 Å². The number of ether oxygens (including phenoxy) is 2. The van der Waals surface area contributed by atoms with Gasteiger partial charge in [-0.3, -0.25) is 19.8 Å². The van der Waals surface area contributed by atoms with E-state index in [0.29, 0.717) is 33.0 Å². The number of benzene rings is 3. The minimum Gasteiger partial charge on any atom is -0.497 e. The molecule has 4 rings (SSSR count). The average Bonchev–Trinajstić information content (AvgIpc) is 2.79. The third kappa shape index (κ3) is 4.56. The van der Waals surface area contributed by atoms with Crippen molar-refractivity contribution in [2.24, 2.45) is 0 Å². The summed E-state index contributed by atoms with van der Waals surface area (Å²) >= 11 is 8.71. The molecule has 3 aromatic carbocycles. The molecule has 1 fully saturated rings. The molecule has 8 heteroatoms. The standard InChI is InChI=1S/C24H17BrN2O4S/c1-30-19-11-12-21(25)15(13-19)14-20-22(28)26-24(32)27(23(20)29)16-7-9-18(10-8-16)31-17-5-3-2-4-6-17/h2-14H,1H3,(H,26,28,32). The Balaban J connectivity index is 1.62. The quantitative estimate of drug-likeness (QED) is 0.295. The number of nitrogens with zero attached hydrogens (tertiary/aromatic N) is 1. The van der Waals surface area contributed by atoms with Crippen LogP contribution in [0.4, 0.5) is 5.69 Å². The highest BCUT2D eigenvalue weighted by atomic mass is 79.9. The Hall–Kier alpha value is -3.49. The van der Waals surface area contributed by atoms with Crippen LogP contribution >= 0.6 is 28.1 Å². The number of hydrogen-bond acceptors (Lipinski definition) is 5. The summed E-state index contributed by atoms with van der Waals surface area (Å²) in [7, 11) is 1.55. The van der Waals surface area contributed by atoms with Crippen LogP contribution in [-0.4, -0.2) is 24.0 Å². The minimum atomic E-state index is -0.560. The zero-order valence-electron chi connectivity index (χ0n) is 16.9. The lowest BCUT2D eigenvalue weighted by atomic mass is 10.1. The molecule has 1 heterocycles. The highest BCUT2D eigenvalue weighted by Gasteiger charge is 2.34. The molecule has 0 radical (unpaired) electrons. The van der Waals surface area contributed by atoms with E-state index in [0.717, 1.165) is 0 Å². The first-order valence-corrected chi connectivity index (χ1v) is 10.7. The Morgan fingerprint density at radius 2 is 1.59 bits per heavy atom. The number of rotatable bonds is 5. The summed E-state index contributed by atoms with van der Waals surface area (Å²) in [5, 5.41) is 2.60. The zero-order chi connectivity index (χ0) is 22.7. The first-order chi connectivity index (χ1) is 15.5. The summed E-state index contributed by atoms with van der Waals surface area (Å²) in [4.78, 5) is 27.0. The van der Waals surface area contributed by atoms with E-state index in [4.69, 9.17) is 21.7 Å². The predicted molar refractivity (Wildman–Crippen MR) is 130 cm³/mol. The van der Waals surface area contributed by atoms with Crippen molar-refractivity contribution in [3.8, 4) is 17.2 Å². The molecule has 0 aliphatic carbocycles. The summed E-state index contributed by atoms with van der Waals surface area (Å²) in [5.41, 5.74) is 1.09. The lowest BCUT2D eigenvalue weighted by molar-refractivity contribution is -0.122. The van der Waals surface area contributed by atoms with Crippen molar-refractivity contribution in [3.63, 3.8) is 0 Å². The van der Waals surface area contributed by atoms with Crippen LogP contribution in [0.15, 0.2) is 82.8 Å². The van der Waals surface area contributed by atoms with E-state index in [2.05, 4.69) is 21.2 Å². The van der Waals surface area contributed by atoms with Crippen molar-refractivity contribution in [2.45, 2.75) is 0 Å². The number of para-hydroxylation sites is 1.